The molecule has 176 valence electrons. The van der Waals surface area contributed by atoms with Crippen LogP contribution in [0.3, 0.4) is 0 Å². The van der Waals surface area contributed by atoms with E-state index in [9.17, 15) is 17.6 Å². The molecular weight excluding hydrogens is 438 g/mol. The van der Waals surface area contributed by atoms with E-state index in [2.05, 4.69) is 20.2 Å². The van der Waals surface area contributed by atoms with Crippen molar-refractivity contribution in [3.8, 4) is 11.3 Å². The van der Waals surface area contributed by atoms with Gasteiger partial charge in [-0.2, -0.15) is 13.2 Å². The number of hydrogen-bond donors (Lipinski definition) is 2. The monoisotopic (exact) mass is 463 g/mol. The molecule has 0 spiro atoms. The molecule has 33 heavy (non-hydrogen) atoms. The van der Waals surface area contributed by atoms with Gasteiger partial charge in [-0.15, -0.1) is 0 Å². The number of hydrogen-bond acceptors (Lipinski definition) is 6. The van der Waals surface area contributed by atoms with E-state index < -0.39 is 17.6 Å². The molecule has 0 aliphatic carbocycles. The Labute approximate surface area is 188 Å². The average molecular weight is 463 g/mol. The molecule has 3 heterocycles. The van der Waals surface area contributed by atoms with Crippen LogP contribution in [0.1, 0.15) is 30.1 Å². The Kier molecular flexibility index (Phi) is 6.50. The van der Waals surface area contributed by atoms with Gasteiger partial charge in [0.1, 0.15) is 29.6 Å². The highest BCUT2D eigenvalue weighted by molar-refractivity contribution is 5.60. The van der Waals surface area contributed by atoms with E-state index in [1.165, 1.54) is 12.4 Å². The van der Waals surface area contributed by atoms with Crippen LogP contribution in [0, 0.1) is 5.82 Å². The molecule has 3 N–H and O–H groups in total. The second-order valence-corrected chi connectivity index (χ2v) is 8.04. The number of anilines is 2. The number of alkyl halides is 3. The first-order chi connectivity index (χ1) is 15.8. The lowest BCUT2D eigenvalue weighted by atomic mass is 9.96. The topological polar surface area (TPSA) is 84.9 Å². The van der Waals surface area contributed by atoms with Gasteiger partial charge >= 0.3 is 6.18 Å². The summed E-state index contributed by atoms with van der Waals surface area (Å²) in [5.41, 5.74) is 5.11. The van der Waals surface area contributed by atoms with Crippen molar-refractivity contribution in [2.24, 2.45) is 0 Å². The van der Waals surface area contributed by atoms with Crippen molar-refractivity contribution in [1.29, 1.82) is 0 Å². The van der Waals surface area contributed by atoms with Crippen molar-refractivity contribution in [2.75, 3.05) is 37.3 Å². The molecule has 11 heteroatoms. The number of halogens is 4. The Hall–Kier alpha value is -3.21. The van der Waals surface area contributed by atoms with Crippen LogP contribution >= 0.6 is 0 Å². The van der Waals surface area contributed by atoms with Crippen LogP contribution in [0.2, 0.25) is 0 Å². The van der Waals surface area contributed by atoms with Crippen molar-refractivity contribution in [2.45, 2.75) is 31.5 Å². The van der Waals surface area contributed by atoms with Crippen LogP contribution in [0.15, 0.2) is 36.8 Å². The minimum Gasteiger partial charge on any atom is -0.384 e. The maximum absolute atomic E-state index is 13.7. The third kappa shape index (κ3) is 5.08. The molecule has 2 aromatic heterocycles. The van der Waals surface area contributed by atoms with Crippen molar-refractivity contribution in [3.63, 3.8) is 0 Å². The van der Waals surface area contributed by atoms with Gasteiger partial charge in [0, 0.05) is 49.9 Å². The van der Waals surface area contributed by atoms with Gasteiger partial charge in [0.15, 0.2) is 0 Å². The third-order valence-electron chi connectivity index (χ3n) is 5.84. The van der Waals surface area contributed by atoms with Crippen LogP contribution < -0.4 is 16.0 Å². The maximum Gasteiger partial charge on any atom is 0.419 e. The fourth-order valence-electron chi connectivity index (χ4n) is 4.11. The molecule has 0 bridgehead atoms. The zero-order chi connectivity index (χ0) is 23.6. The van der Waals surface area contributed by atoms with Gasteiger partial charge in [-0.05, 0) is 38.1 Å². The maximum atomic E-state index is 13.7. The Morgan fingerprint density at radius 3 is 2.58 bits per heavy atom. The standard InChI is InChI=1S/C22H25F4N7/c1-28-6-9-33-12-18(15-2-3-17(23)16(10-15)22(24,25)26)31-21(33)14-4-7-32(8-5-14)20-11-19(27)29-13-30-20/h2-3,10-14,28H,4-9H2,1H3,(H2,27,29,30). The van der Waals surface area contributed by atoms with Crippen LogP contribution in [0.4, 0.5) is 29.2 Å². The smallest absolute Gasteiger partial charge is 0.384 e. The molecule has 7 nitrogen and oxygen atoms in total. The molecule has 0 amide bonds. The Balaban J connectivity index is 1.59. The second-order valence-electron chi connectivity index (χ2n) is 8.04. The first kappa shape index (κ1) is 23.0. The first-order valence-electron chi connectivity index (χ1n) is 10.7. The van der Waals surface area contributed by atoms with E-state index in [1.807, 2.05) is 11.6 Å². The Morgan fingerprint density at radius 2 is 1.91 bits per heavy atom. The van der Waals surface area contributed by atoms with Gasteiger partial charge in [-0.3, -0.25) is 0 Å². The molecule has 0 unspecified atom stereocenters. The van der Waals surface area contributed by atoms with Gasteiger partial charge in [0.25, 0.3) is 0 Å². The molecule has 0 saturated carbocycles. The molecule has 1 aliphatic rings. The SMILES string of the molecule is CNCCn1cc(-c2ccc(F)c(C(F)(F)F)c2)nc1C1CCN(c2cc(N)ncn2)CC1. The molecule has 1 fully saturated rings. The zero-order valence-electron chi connectivity index (χ0n) is 18.1. The lowest BCUT2D eigenvalue weighted by molar-refractivity contribution is -0.139. The number of nitrogens with one attached hydrogen (secondary N) is 1. The fourth-order valence-corrected chi connectivity index (χ4v) is 4.11. The number of nitrogen functional groups attached to an aromatic ring is 1. The van der Waals surface area contributed by atoms with E-state index >= 15 is 0 Å². The molecule has 1 aromatic carbocycles. The minimum atomic E-state index is -4.77. The van der Waals surface area contributed by atoms with Gasteiger partial charge in [-0.1, -0.05) is 0 Å². The predicted octanol–water partition coefficient (Wildman–Crippen LogP) is 3.68. The van der Waals surface area contributed by atoms with Crippen molar-refractivity contribution in [1.82, 2.24) is 24.8 Å². The van der Waals surface area contributed by atoms with Crippen LogP contribution in [-0.4, -0.2) is 46.2 Å². The van der Waals surface area contributed by atoms with Crippen molar-refractivity contribution >= 4 is 11.6 Å². The van der Waals surface area contributed by atoms with E-state index in [-0.39, 0.29) is 11.5 Å². The summed E-state index contributed by atoms with van der Waals surface area (Å²) in [6.07, 6.45) is 0.0199. The highest BCUT2D eigenvalue weighted by Crippen LogP contribution is 2.35. The third-order valence-corrected chi connectivity index (χ3v) is 5.84. The van der Waals surface area contributed by atoms with Gasteiger partial charge < -0.3 is 20.5 Å². The molecule has 1 saturated heterocycles. The van der Waals surface area contributed by atoms with Crippen molar-refractivity contribution < 1.29 is 17.6 Å². The number of likely N-dealkylation sites (N-methyl/N-ethyl adjacent to an activating group) is 1. The summed E-state index contributed by atoms with van der Waals surface area (Å²) >= 11 is 0. The zero-order valence-corrected chi connectivity index (χ0v) is 18.1. The van der Waals surface area contributed by atoms with Crippen LogP contribution in [0.25, 0.3) is 11.3 Å². The molecular formula is C22H25F4N7. The summed E-state index contributed by atoms with van der Waals surface area (Å²) in [6, 6.07) is 4.74. The van der Waals surface area contributed by atoms with Gasteiger partial charge in [0.2, 0.25) is 0 Å². The number of rotatable bonds is 6. The molecule has 0 radical (unpaired) electrons. The molecule has 4 rings (SSSR count). The average Bonchev–Trinajstić information content (AvgIpc) is 3.21. The minimum absolute atomic E-state index is 0.133. The largest absolute Gasteiger partial charge is 0.419 e. The molecule has 1 aliphatic heterocycles. The highest BCUT2D eigenvalue weighted by Gasteiger charge is 2.34. The number of benzene rings is 1. The van der Waals surface area contributed by atoms with Gasteiger partial charge in [0.05, 0.1) is 11.3 Å². The van der Waals surface area contributed by atoms with Crippen molar-refractivity contribution in [3.05, 3.63) is 54.0 Å². The summed E-state index contributed by atoms with van der Waals surface area (Å²) in [5.74, 6) is 0.838. The van der Waals surface area contributed by atoms with E-state index in [1.54, 1.807) is 12.3 Å². The summed E-state index contributed by atoms with van der Waals surface area (Å²) in [7, 11) is 1.83. The van der Waals surface area contributed by atoms with E-state index in [0.29, 0.717) is 24.6 Å². The number of nitrogens with zero attached hydrogens (tertiary/aromatic N) is 5. The normalized spacial score (nSPS) is 15.2. The van der Waals surface area contributed by atoms with Crippen LogP contribution in [-0.2, 0) is 12.7 Å². The number of piperidine rings is 1. The summed E-state index contributed by atoms with van der Waals surface area (Å²) < 4.78 is 55.3. The molecule has 0 atom stereocenters. The number of imidazole rings is 1. The number of nitrogens with two attached hydrogens (primary N) is 1. The first-order valence-corrected chi connectivity index (χ1v) is 10.7. The fraction of sp³-hybridized carbons (Fsp3) is 0.409. The molecule has 3 aromatic rings. The highest BCUT2D eigenvalue weighted by atomic mass is 19.4. The van der Waals surface area contributed by atoms with E-state index in [4.69, 9.17) is 10.7 Å². The lowest BCUT2D eigenvalue weighted by Crippen LogP contribution is -2.34. The van der Waals surface area contributed by atoms with Crippen LogP contribution in [0.5, 0.6) is 0 Å². The summed E-state index contributed by atoms with van der Waals surface area (Å²) in [5, 5.41) is 3.08. The quantitative estimate of drug-likeness (QED) is 0.543. The summed E-state index contributed by atoms with van der Waals surface area (Å²) in [6.45, 7) is 2.78. The number of aromatic nitrogens is 4. The summed E-state index contributed by atoms with van der Waals surface area (Å²) in [4.78, 5) is 15.0. The lowest BCUT2D eigenvalue weighted by Gasteiger charge is -2.32. The van der Waals surface area contributed by atoms with Gasteiger partial charge in [-0.25, -0.2) is 19.3 Å². The second kappa shape index (κ2) is 9.34. The Bertz CT molecular complexity index is 1100. The predicted molar refractivity (Wildman–Crippen MR) is 117 cm³/mol. The Morgan fingerprint density at radius 1 is 1.15 bits per heavy atom. The van der Waals surface area contributed by atoms with E-state index in [0.717, 1.165) is 49.7 Å².